The molecule has 0 fully saturated rings. The Morgan fingerprint density at radius 2 is 1.97 bits per heavy atom. The summed E-state index contributed by atoms with van der Waals surface area (Å²) in [5, 5.41) is 3.58. The van der Waals surface area contributed by atoms with Crippen molar-refractivity contribution in [1.82, 2.24) is 19.9 Å². The molecule has 5 rings (SSSR count). The predicted octanol–water partition coefficient (Wildman–Crippen LogP) is 6.04. The lowest BCUT2D eigenvalue weighted by Crippen LogP contribution is -2.07. The van der Waals surface area contributed by atoms with Crippen LogP contribution in [0.5, 0.6) is 0 Å². The molecule has 0 aliphatic heterocycles. The van der Waals surface area contributed by atoms with Crippen molar-refractivity contribution in [2.75, 3.05) is 5.32 Å². The average molecular weight is 440 g/mol. The van der Waals surface area contributed by atoms with Crippen LogP contribution >= 0.6 is 11.3 Å². The van der Waals surface area contributed by atoms with Crippen LogP contribution in [0.4, 0.5) is 5.82 Å². The molecule has 2 N–H and O–H groups in total. The first kappa shape index (κ1) is 20.1. The molecule has 6 nitrogen and oxygen atoms in total. The highest BCUT2D eigenvalue weighted by molar-refractivity contribution is 7.18. The van der Waals surface area contributed by atoms with Crippen LogP contribution in [0.25, 0.3) is 44.7 Å². The number of H-pyrrole nitrogens is 1. The summed E-state index contributed by atoms with van der Waals surface area (Å²) in [6.07, 6.45) is 16.1. The van der Waals surface area contributed by atoms with Gasteiger partial charge in [-0.2, -0.15) is 0 Å². The summed E-state index contributed by atoms with van der Waals surface area (Å²) < 4.78 is 0. The average Bonchev–Trinajstić information content (AvgIpc) is 3.43. The smallest absolute Gasteiger partial charge is 0.222 e. The Morgan fingerprint density at radius 1 is 1.09 bits per heavy atom. The standard InChI is InChI=1S/C25H21N5OS/c1-16(31)29-21-15-18(11-12-26-21)25-30-22(23(32-25)24-27-13-14-28-24)20-10-6-8-17-7-4-2-3-5-9-19(17)20/h4-15H,2-3H2,1H3,(H,27,28)(H,26,29,31)/b7-4-,9-5-. The maximum absolute atomic E-state index is 11.5. The molecule has 1 aliphatic carbocycles. The van der Waals surface area contributed by atoms with E-state index in [0.717, 1.165) is 50.9 Å². The Labute approximate surface area is 189 Å². The number of imidazole rings is 1. The predicted molar refractivity (Wildman–Crippen MR) is 130 cm³/mol. The zero-order valence-electron chi connectivity index (χ0n) is 17.5. The van der Waals surface area contributed by atoms with Gasteiger partial charge in [0.2, 0.25) is 5.91 Å². The zero-order chi connectivity index (χ0) is 21.9. The number of benzene rings is 1. The zero-order valence-corrected chi connectivity index (χ0v) is 18.3. The SMILES string of the molecule is CC(=O)Nc1cc(-c2nc(-c3cccc4c3/C=C\CC/C=C\4)c(-c3ncc[nH]3)s2)ccn1. The van der Waals surface area contributed by atoms with Gasteiger partial charge >= 0.3 is 0 Å². The van der Waals surface area contributed by atoms with Gasteiger partial charge in [0.05, 0.1) is 10.6 Å². The number of amides is 1. The van der Waals surface area contributed by atoms with Crippen LogP contribution in [0.15, 0.2) is 61.1 Å². The quantitative estimate of drug-likeness (QED) is 0.406. The van der Waals surface area contributed by atoms with Crippen LogP contribution in [-0.2, 0) is 4.79 Å². The third-order valence-electron chi connectivity index (χ3n) is 5.13. The first-order valence-electron chi connectivity index (χ1n) is 10.4. The molecule has 32 heavy (non-hydrogen) atoms. The monoisotopic (exact) mass is 439 g/mol. The van der Waals surface area contributed by atoms with Gasteiger partial charge in [0, 0.05) is 36.6 Å². The lowest BCUT2D eigenvalue weighted by atomic mass is 9.95. The van der Waals surface area contributed by atoms with Gasteiger partial charge in [0.15, 0.2) is 0 Å². The number of anilines is 1. The summed E-state index contributed by atoms with van der Waals surface area (Å²) in [6.45, 7) is 1.47. The molecular weight excluding hydrogens is 418 g/mol. The second-order valence-corrected chi connectivity index (χ2v) is 8.44. The van der Waals surface area contributed by atoms with Crippen molar-refractivity contribution >= 4 is 35.2 Å². The van der Waals surface area contributed by atoms with E-state index in [1.165, 1.54) is 12.5 Å². The molecule has 158 valence electrons. The molecule has 4 aromatic rings. The molecule has 0 saturated carbocycles. The van der Waals surface area contributed by atoms with E-state index < -0.39 is 0 Å². The number of fused-ring (bicyclic) bond motifs is 1. The van der Waals surface area contributed by atoms with Crippen LogP contribution in [0.1, 0.15) is 30.9 Å². The number of rotatable bonds is 4. The van der Waals surface area contributed by atoms with Crippen molar-refractivity contribution in [3.05, 3.63) is 72.2 Å². The second-order valence-electron chi connectivity index (χ2n) is 7.44. The largest absolute Gasteiger partial charge is 0.344 e. The van der Waals surface area contributed by atoms with Gasteiger partial charge in [-0.15, -0.1) is 11.3 Å². The first-order valence-corrected chi connectivity index (χ1v) is 11.2. The molecule has 1 aromatic carbocycles. The summed E-state index contributed by atoms with van der Waals surface area (Å²) in [7, 11) is 0. The third kappa shape index (κ3) is 4.02. The maximum atomic E-state index is 11.5. The number of nitrogens with zero attached hydrogens (tertiary/aromatic N) is 3. The Hall–Kier alpha value is -3.84. The number of nitrogens with one attached hydrogen (secondary N) is 2. The second kappa shape index (κ2) is 8.72. The minimum absolute atomic E-state index is 0.159. The van der Waals surface area contributed by atoms with Crippen LogP contribution in [0.2, 0.25) is 0 Å². The Bertz CT molecular complexity index is 1330. The fourth-order valence-corrected chi connectivity index (χ4v) is 4.75. The van der Waals surface area contributed by atoms with Gasteiger partial charge in [-0.1, -0.05) is 42.5 Å². The summed E-state index contributed by atoms with van der Waals surface area (Å²) >= 11 is 1.57. The fraction of sp³-hybridized carbons (Fsp3) is 0.120. The Balaban J connectivity index is 1.68. The molecule has 1 amide bonds. The van der Waals surface area contributed by atoms with E-state index in [4.69, 9.17) is 4.98 Å². The fourth-order valence-electron chi connectivity index (χ4n) is 3.71. The number of carbonyl (C=O) groups is 1. The lowest BCUT2D eigenvalue weighted by molar-refractivity contribution is -0.114. The molecule has 0 saturated heterocycles. The van der Waals surface area contributed by atoms with Gasteiger partial charge in [0.1, 0.15) is 16.6 Å². The van der Waals surface area contributed by atoms with Crippen molar-refractivity contribution in [3.63, 3.8) is 0 Å². The van der Waals surface area contributed by atoms with E-state index in [-0.39, 0.29) is 5.91 Å². The molecule has 0 atom stereocenters. The van der Waals surface area contributed by atoms with Gasteiger partial charge in [-0.25, -0.2) is 15.0 Å². The van der Waals surface area contributed by atoms with Crippen molar-refractivity contribution in [1.29, 1.82) is 0 Å². The number of aromatic nitrogens is 4. The highest BCUT2D eigenvalue weighted by atomic mass is 32.1. The van der Waals surface area contributed by atoms with Crippen LogP contribution in [0, 0.1) is 0 Å². The highest BCUT2D eigenvalue weighted by Gasteiger charge is 2.20. The van der Waals surface area contributed by atoms with E-state index in [0.29, 0.717) is 5.82 Å². The lowest BCUT2D eigenvalue weighted by Gasteiger charge is -2.11. The number of hydrogen-bond acceptors (Lipinski definition) is 5. The van der Waals surface area contributed by atoms with Gasteiger partial charge in [-0.05, 0) is 36.1 Å². The van der Waals surface area contributed by atoms with Crippen LogP contribution in [0.3, 0.4) is 0 Å². The summed E-state index contributed by atoms with van der Waals surface area (Å²) in [5.41, 5.74) is 5.17. The van der Waals surface area contributed by atoms with Crippen molar-refractivity contribution < 1.29 is 4.79 Å². The molecule has 1 aliphatic rings. The molecule has 7 heteroatoms. The molecule has 0 bridgehead atoms. The van der Waals surface area contributed by atoms with Crippen molar-refractivity contribution in [3.8, 4) is 32.5 Å². The van der Waals surface area contributed by atoms with Gasteiger partial charge in [-0.3, -0.25) is 4.79 Å². The summed E-state index contributed by atoms with van der Waals surface area (Å²) in [5.74, 6) is 1.13. The van der Waals surface area contributed by atoms with E-state index >= 15 is 0 Å². The van der Waals surface area contributed by atoms with E-state index in [1.807, 2.05) is 18.3 Å². The molecule has 3 aromatic heterocycles. The van der Waals surface area contributed by atoms with E-state index in [9.17, 15) is 4.79 Å². The van der Waals surface area contributed by atoms with Crippen LogP contribution in [-0.4, -0.2) is 25.8 Å². The normalized spacial score (nSPS) is 14.8. The third-order valence-corrected chi connectivity index (χ3v) is 6.24. The Morgan fingerprint density at radius 3 is 2.78 bits per heavy atom. The summed E-state index contributed by atoms with van der Waals surface area (Å²) in [4.78, 5) is 29.4. The molecular formula is C25H21N5OS. The number of pyridine rings is 1. The number of aromatic amines is 1. The molecule has 3 heterocycles. The minimum atomic E-state index is -0.159. The number of hydrogen-bond donors (Lipinski definition) is 2. The molecule has 0 spiro atoms. The van der Waals surface area contributed by atoms with Crippen molar-refractivity contribution in [2.45, 2.75) is 19.8 Å². The highest BCUT2D eigenvalue weighted by Crippen LogP contribution is 2.41. The van der Waals surface area contributed by atoms with Crippen LogP contribution < -0.4 is 5.32 Å². The number of thiazole rings is 1. The minimum Gasteiger partial charge on any atom is -0.344 e. The summed E-state index contributed by atoms with van der Waals surface area (Å²) in [6, 6.07) is 10.1. The maximum Gasteiger partial charge on any atom is 0.222 e. The number of carbonyl (C=O) groups excluding carboxylic acids is 1. The molecule has 0 unspecified atom stereocenters. The van der Waals surface area contributed by atoms with Gasteiger partial charge in [0.25, 0.3) is 0 Å². The molecule has 0 radical (unpaired) electrons. The Kier molecular flexibility index (Phi) is 5.47. The first-order chi connectivity index (χ1) is 15.7. The van der Waals surface area contributed by atoms with Crippen molar-refractivity contribution in [2.24, 2.45) is 0 Å². The topological polar surface area (TPSA) is 83.6 Å². The van der Waals surface area contributed by atoms with Gasteiger partial charge < -0.3 is 10.3 Å². The van der Waals surface area contributed by atoms with E-state index in [1.54, 1.807) is 23.7 Å². The number of allylic oxidation sites excluding steroid dienone is 2. The van der Waals surface area contributed by atoms with E-state index in [2.05, 4.69) is 62.8 Å².